The van der Waals surface area contributed by atoms with Crippen molar-refractivity contribution >= 4 is 23.4 Å². The Morgan fingerprint density at radius 3 is 2.59 bits per heavy atom. The second kappa shape index (κ2) is 14.7. The second-order valence-electron chi connectivity index (χ2n) is 12.1. The number of hydrogen-bond donors (Lipinski definition) is 1. The number of unbranched alkanes of at least 4 members (excludes halogenated alkanes) is 1. The van der Waals surface area contributed by atoms with Gasteiger partial charge in [0.05, 0.1) is 31.4 Å². The van der Waals surface area contributed by atoms with Crippen LogP contribution in [0.25, 0.3) is 11.4 Å². The van der Waals surface area contributed by atoms with Crippen LogP contribution < -0.4 is 15.0 Å². The normalized spacial score (nSPS) is 20.5. The van der Waals surface area contributed by atoms with Gasteiger partial charge >= 0.3 is 6.09 Å². The number of hydrogen-bond acceptors (Lipinski definition) is 11. The van der Waals surface area contributed by atoms with Gasteiger partial charge in [0, 0.05) is 68.5 Å². The molecule has 12 heteroatoms. The fourth-order valence-corrected chi connectivity index (χ4v) is 6.09. The third-order valence-electron chi connectivity index (χ3n) is 8.95. The molecule has 1 aromatic heterocycles. The van der Waals surface area contributed by atoms with Crippen molar-refractivity contribution < 1.29 is 19.0 Å². The maximum Gasteiger partial charge on any atom is 0.409 e. The van der Waals surface area contributed by atoms with E-state index in [4.69, 9.17) is 14.2 Å². The molecule has 4 heterocycles. The summed E-state index contributed by atoms with van der Waals surface area (Å²) in [6, 6.07) is 16.5. The summed E-state index contributed by atoms with van der Waals surface area (Å²) in [6.45, 7) is 10.9. The number of rotatable bonds is 10. The van der Waals surface area contributed by atoms with Crippen LogP contribution in [0, 0.1) is 11.3 Å². The number of anilines is 3. The number of ether oxygens (including phenoxy) is 3. The minimum Gasteiger partial charge on any atom is -0.489 e. The molecule has 2 aromatic carbocycles. The zero-order chi connectivity index (χ0) is 31.9. The predicted octanol–water partition coefficient (Wildman–Crippen LogP) is 4.84. The van der Waals surface area contributed by atoms with Crippen molar-refractivity contribution in [2.24, 2.45) is 0 Å². The molecule has 0 aliphatic carbocycles. The van der Waals surface area contributed by atoms with E-state index in [1.54, 1.807) is 17.0 Å². The quantitative estimate of drug-likeness (QED) is 0.310. The smallest absolute Gasteiger partial charge is 0.409 e. The molecule has 0 bridgehead atoms. The fraction of sp³-hybridized carbons (Fsp3) is 0.500. The van der Waals surface area contributed by atoms with Gasteiger partial charge in [0.1, 0.15) is 24.3 Å². The summed E-state index contributed by atoms with van der Waals surface area (Å²) in [5.41, 5.74) is 3.17. The van der Waals surface area contributed by atoms with Gasteiger partial charge in [0.15, 0.2) is 5.82 Å². The van der Waals surface area contributed by atoms with Crippen LogP contribution >= 0.6 is 0 Å². The number of benzene rings is 2. The van der Waals surface area contributed by atoms with E-state index in [-0.39, 0.29) is 18.2 Å². The van der Waals surface area contributed by atoms with Crippen LogP contribution in [0.3, 0.4) is 0 Å². The van der Waals surface area contributed by atoms with Crippen molar-refractivity contribution in [2.45, 2.75) is 57.7 Å². The van der Waals surface area contributed by atoms with Gasteiger partial charge in [-0.1, -0.05) is 13.3 Å². The highest BCUT2D eigenvalue weighted by atomic mass is 16.6. The number of piperidine rings is 1. The van der Waals surface area contributed by atoms with Gasteiger partial charge in [-0.15, -0.1) is 0 Å². The van der Waals surface area contributed by atoms with E-state index < -0.39 is 0 Å². The van der Waals surface area contributed by atoms with Crippen LogP contribution in [0.1, 0.15) is 45.1 Å². The summed E-state index contributed by atoms with van der Waals surface area (Å²) in [7, 11) is 0. The summed E-state index contributed by atoms with van der Waals surface area (Å²) in [5, 5.41) is 13.2. The van der Waals surface area contributed by atoms with Crippen molar-refractivity contribution in [3.05, 3.63) is 54.4 Å². The maximum atomic E-state index is 12.4. The molecule has 3 aliphatic rings. The summed E-state index contributed by atoms with van der Waals surface area (Å²) in [6.07, 6.45) is 4.24. The Bertz CT molecular complexity index is 1520. The highest BCUT2D eigenvalue weighted by Gasteiger charge is 2.31. The third-order valence-corrected chi connectivity index (χ3v) is 8.95. The number of carbonyl (C=O) groups excluding carboxylic acids is 1. The van der Waals surface area contributed by atoms with Crippen molar-refractivity contribution in [1.29, 1.82) is 5.26 Å². The lowest BCUT2D eigenvalue weighted by Crippen LogP contribution is -2.56. The van der Waals surface area contributed by atoms with Crippen LogP contribution in [-0.2, 0) is 9.47 Å². The van der Waals surface area contributed by atoms with Gasteiger partial charge in [-0.3, -0.25) is 4.90 Å². The van der Waals surface area contributed by atoms with E-state index in [2.05, 4.69) is 55.2 Å². The summed E-state index contributed by atoms with van der Waals surface area (Å²) >= 11 is 0. The molecule has 12 nitrogen and oxygen atoms in total. The first kappa shape index (κ1) is 31.5. The molecule has 1 N–H and O–H groups in total. The SMILES string of the molecule is CCCCOC(=O)N1CCC(Oc2ccc(-c3ncnc(Nc4ccc(N5CCN(C6COC6)CC5)cc4)n3)cc2C#N)CC1C. The molecule has 3 aromatic rings. The first-order chi connectivity index (χ1) is 22.5. The molecule has 242 valence electrons. The van der Waals surface area contributed by atoms with Crippen molar-refractivity contribution in [2.75, 3.05) is 62.8 Å². The van der Waals surface area contributed by atoms with Gasteiger partial charge in [-0.05, 0) is 55.8 Å². The van der Waals surface area contributed by atoms with Crippen LogP contribution in [0.4, 0.5) is 22.1 Å². The largest absolute Gasteiger partial charge is 0.489 e. The molecular formula is C34H42N8O4. The summed E-state index contributed by atoms with van der Waals surface area (Å²) < 4.78 is 17.0. The van der Waals surface area contributed by atoms with Crippen LogP contribution in [0.15, 0.2) is 48.8 Å². The van der Waals surface area contributed by atoms with E-state index in [1.165, 1.54) is 12.0 Å². The Kier molecular flexibility index (Phi) is 10.1. The van der Waals surface area contributed by atoms with Gasteiger partial charge in [-0.2, -0.15) is 10.2 Å². The number of nitrogens with one attached hydrogen (secondary N) is 1. The molecule has 2 unspecified atom stereocenters. The first-order valence-electron chi connectivity index (χ1n) is 16.3. The molecule has 0 radical (unpaired) electrons. The van der Waals surface area contributed by atoms with E-state index in [0.29, 0.717) is 60.7 Å². The Hall–Kier alpha value is -4.47. The molecule has 3 aliphatic heterocycles. The van der Waals surface area contributed by atoms with Gasteiger partial charge in [-0.25, -0.2) is 14.8 Å². The fourth-order valence-electron chi connectivity index (χ4n) is 6.09. The number of amides is 1. The molecule has 1 amide bonds. The van der Waals surface area contributed by atoms with Crippen molar-refractivity contribution in [3.63, 3.8) is 0 Å². The zero-order valence-electron chi connectivity index (χ0n) is 26.6. The lowest BCUT2D eigenvalue weighted by molar-refractivity contribution is -0.0660. The lowest BCUT2D eigenvalue weighted by atomic mass is 10.0. The van der Waals surface area contributed by atoms with Crippen molar-refractivity contribution in [1.82, 2.24) is 24.8 Å². The standard InChI is InChI=1S/C34H42N8O4/c1-3-4-17-45-34(43)42-12-11-30(18-24(42)2)46-31-10-5-25(19-26(31)20-35)32-36-23-37-33(39-32)38-27-6-8-28(9-7-27)40-13-15-41(16-14-40)29-21-44-22-29/h5-10,19,23-24,29-30H,3-4,11-18,21-22H2,1-2H3,(H,36,37,38,39). The van der Waals surface area contributed by atoms with Crippen molar-refractivity contribution in [3.8, 4) is 23.2 Å². The highest BCUT2D eigenvalue weighted by Crippen LogP contribution is 2.29. The Labute approximate surface area is 270 Å². The van der Waals surface area contributed by atoms with Crippen LogP contribution in [0.5, 0.6) is 5.75 Å². The Morgan fingerprint density at radius 2 is 1.89 bits per heavy atom. The third kappa shape index (κ3) is 7.49. The molecule has 0 saturated carbocycles. The van der Waals surface area contributed by atoms with E-state index in [1.807, 2.05) is 25.1 Å². The topological polar surface area (TPSA) is 129 Å². The molecule has 6 rings (SSSR count). The Balaban J connectivity index is 1.04. The average molecular weight is 627 g/mol. The van der Waals surface area contributed by atoms with Crippen LogP contribution in [-0.4, -0.2) is 102 Å². The average Bonchev–Trinajstić information content (AvgIpc) is 3.05. The maximum absolute atomic E-state index is 12.4. The monoisotopic (exact) mass is 626 g/mol. The van der Waals surface area contributed by atoms with Gasteiger partial charge in [0.25, 0.3) is 0 Å². The molecular weight excluding hydrogens is 584 g/mol. The Morgan fingerprint density at radius 1 is 1.09 bits per heavy atom. The van der Waals surface area contributed by atoms with E-state index in [9.17, 15) is 10.1 Å². The second-order valence-corrected chi connectivity index (χ2v) is 12.1. The predicted molar refractivity (Wildman–Crippen MR) is 174 cm³/mol. The molecule has 3 saturated heterocycles. The molecule has 2 atom stereocenters. The number of nitrogens with zero attached hydrogens (tertiary/aromatic N) is 7. The lowest BCUT2D eigenvalue weighted by Gasteiger charge is -2.43. The van der Waals surface area contributed by atoms with Gasteiger partial charge < -0.3 is 29.3 Å². The summed E-state index contributed by atoms with van der Waals surface area (Å²) in [4.78, 5) is 32.4. The minimum atomic E-state index is -0.269. The van der Waals surface area contributed by atoms with Crippen LogP contribution in [0.2, 0.25) is 0 Å². The first-order valence-corrected chi connectivity index (χ1v) is 16.3. The number of likely N-dealkylation sites (tertiary alicyclic amines) is 1. The number of nitriles is 1. The molecule has 3 fully saturated rings. The van der Waals surface area contributed by atoms with Gasteiger partial charge in [0.2, 0.25) is 5.95 Å². The number of piperazine rings is 1. The zero-order valence-corrected chi connectivity index (χ0v) is 26.6. The number of carbonyl (C=O) groups is 1. The van der Waals surface area contributed by atoms with E-state index in [0.717, 1.165) is 57.9 Å². The molecule has 0 spiro atoms. The summed E-state index contributed by atoms with van der Waals surface area (Å²) in [5.74, 6) is 1.38. The minimum absolute atomic E-state index is 0.0201. The highest BCUT2D eigenvalue weighted by molar-refractivity contribution is 5.68. The van der Waals surface area contributed by atoms with E-state index >= 15 is 0 Å². The number of aromatic nitrogens is 3. The molecule has 46 heavy (non-hydrogen) atoms.